The molecule has 0 aliphatic carbocycles. The normalized spacial score (nSPS) is 14.0. The fraction of sp³-hybridized carbons (Fsp3) is 0.182. The van der Waals surface area contributed by atoms with Crippen molar-refractivity contribution < 1.29 is 0 Å². The maximum Gasteiger partial charge on any atom is 0.162 e. The molecule has 5 nitrogen and oxygen atoms in total. The molecule has 0 saturated heterocycles. The summed E-state index contributed by atoms with van der Waals surface area (Å²) in [5.74, 6) is 0.707. The third-order valence-corrected chi connectivity index (χ3v) is 5.89. The van der Waals surface area contributed by atoms with E-state index >= 15 is 0 Å². The lowest BCUT2D eigenvalue weighted by Crippen LogP contribution is -2.30. The van der Waals surface area contributed by atoms with Crippen LogP contribution in [0, 0.1) is 0 Å². The molecule has 1 aliphatic heterocycles. The van der Waals surface area contributed by atoms with Crippen molar-refractivity contribution in [2.24, 2.45) is 0 Å². The zero-order chi connectivity index (χ0) is 18.8. The van der Waals surface area contributed by atoms with Gasteiger partial charge in [0.2, 0.25) is 0 Å². The highest BCUT2D eigenvalue weighted by atomic mass is 32.1. The number of fused-ring (bicyclic) bond motifs is 1. The Balaban J connectivity index is 1.30. The lowest BCUT2D eigenvalue weighted by Gasteiger charge is -2.27. The van der Waals surface area contributed by atoms with Crippen molar-refractivity contribution >= 4 is 11.3 Å². The maximum absolute atomic E-state index is 4.75. The SMILES string of the molecule is c1ccc(-c2csc(CN3CCc4nc(-c5cncnc5)ncc4C3)c2)cc1. The first-order valence-corrected chi connectivity index (χ1v) is 10.2. The Morgan fingerprint density at radius 1 is 0.964 bits per heavy atom. The number of thiophene rings is 1. The van der Waals surface area contributed by atoms with E-state index in [0.717, 1.165) is 37.3 Å². The Bertz CT molecular complexity index is 1080. The minimum absolute atomic E-state index is 0.707. The number of benzene rings is 1. The van der Waals surface area contributed by atoms with E-state index in [-0.39, 0.29) is 0 Å². The fourth-order valence-electron chi connectivity index (χ4n) is 3.53. The number of rotatable bonds is 4. The van der Waals surface area contributed by atoms with Crippen molar-refractivity contribution in [3.8, 4) is 22.5 Å². The second kappa shape index (κ2) is 7.58. The first-order chi connectivity index (χ1) is 13.8. The summed E-state index contributed by atoms with van der Waals surface area (Å²) in [5, 5.41) is 2.25. The molecule has 6 heteroatoms. The van der Waals surface area contributed by atoms with Gasteiger partial charge in [0.05, 0.1) is 11.3 Å². The van der Waals surface area contributed by atoms with Gasteiger partial charge in [-0.1, -0.05) is 30.3 Å². The van der Waals surface area contributed by atoms with Crippen molar-refractivity contribution in [1.82, 2.24) is 24.8 Å². The lowest BCUT2D eigenvalue weighted by molar-refractivity contribution is 0.245. The van der Waals surface area contributed by atoms with Gasteiger partial charge in [-0.05, 0) is 22.6 Å². The highest BCUT2D eigenvalue weighted by Crippen LogP contribution is 2.28. The molecule has 0 saturated carbocycles. The van der Waals surface area contributed by atoms with E-state index in [0.29, 0.717) is 5.82 Å². The van der Waals surface area contributed by atoms with Gasteiger partial charge in [-0.25, -0.2) is 19.9 Å². The van der Waals surface area contributed by atoms with E-state index < -0.39 is 0 Å². The molecule has 0 N–H and O–H groups in total. The van der Waals surface area contributed by atoms with E-state index in [1.54, 1.807) is 12.4 Å². The summed E-state index contributed by atoms with van der Waals surface area (Å²) in [6.45, 7) is 2.86. The smallest absolute Gasteiger partial charge is 0.162 e. The molecular weight excluding hydrogens is 366 g/mol. The van der Waals surface area contributed by atoms with E-state index in [1.165, 1.54) is 27.9 Å². The van der Waals surface area contributed by atoms with E-state index in [1.807, 2.05) is 17.5 Å². The molecule has 28 heavy (non-hydrogen) atoms. The number of nitrogens with zero attached hydrogens (tertiary/aromatic N) is 5. The van der Waals surface area contributed by atoms with Crippen LogP contribution in [0.2, 0.25) is 0 Å². The number of aromatic nitrogens is 4. The van der Waals surface area contributed by atoms with Crippen molar-refractivity contribution in [2.45, 2.75) is 19.5 Å². The van der Waals surface area contributed by atoms with Crippen molar-refractivity contribution in [3.05, 3.63) is 82.8 Å². The van der Waals surface area contributed by atoms with E-state index in [9.17, 15) is 0 Å². The third-order valence-electron chi connectivity index (χ3n) is 4.97. The highest BCUT2D eigenvalue weighted by molar-refractivity contribution is 7.10. The van der Waals surface area contributed by atoms with Gasteiger partial charge >= 0.3 is 0 Å². The Morgan fingerprint density at radius 3 is 2.68 bits per heavy atom. The average Bonchev–Trinajstić information content (AvgIpc) is 3.23. The summed E-state index contributed by atoms with van der Waals surface area (Å²) >= 11 is 1.83. The van der Waals surface area contributed by atoms with Gasteiger partial charge in [-0.3, -0.25) is 4.90 Å². The minimum atomic E-state index is 0.707. The van der Waals surface area contributed by atoms with Gasteiger partial charge in [0.15, 0.2) is 5.82 Å². The molecule has 0 radical (unpaired) electrons. The van der Waals surface area contributed by atoms with Crippen LogP contribution in [0.3, 0.4) is 0 Å². The Labute approximate surface area is 167 Å². The van der Waals surface area contributed by atoms with Crippen LogP contribution in [0.25, 0.3) is 22.5 Å². The monoisotopic (exact) mass is 385 g/mol. The molecule has 0 fully saturated rings. The van der Waals surface area contributed by atoms with Gasteiger partial charge in [0, 0.05) is 55.1 Å². The zero-order valence-electron chi connectivity index (χ0n) is 15.3. The third kappa shape index (κ3) is 3.56. The molecule has 0 spiro atoms. The molecular formula is C22H19N5S. The number of hydrogen-bond donors (Lipinski definition) is 0. The van der Waals surface area contributed by atoms with Gasteiger partial charge in [-0.15, -0.1) is 11.3 Å². The molecule has 5 rings (SSSR count). The first-order valence-electron chi connectivity index (χ1n) is 9.30. The molecule has 0 unspecified atom stereocenters. The van der Waals surface area contributed by atoms with Crippen LogP contribution in [0.1, 0.15) is 16.1 Å². The Hall–Kier alpha value is -2.96. The predicted molar refractivity (Wildman–Crippen MR) is 111 cm³/mol. The van der Waals surface area contributed by atoms with Crippen LogP contribution in [0.5, 0.6) is 0 Å². The van der Waals surface area contributed by atoms with Crippen LogP contribution in [-0.4, -0.2) is 31.4 Å². The summed E-state index contributed by atoms with van der Waals surface area (Å²) in [7, 11) is 0. The summed E-state index contributed by atoms with van der Waals surface area (Å²) in [6, 6.07) is 12.9. The molecule has 3 aromatic heterocycles. The molecule has 4 heterocycles. The van der Waals surface area contributed by atoms with Crippen LogP contribution >= 0.6 is 11.3 Å². The van der Waals surface area contributed by atoms with Gasteiger partial charge in [0.1, 0.15) is 6.33 Å². The summed E-state index contributed by atoms with van der Waals surface area (Å²) in [5.41, 5.74) is 5.79. The van der Waals surface area contributed by atoms with E-state index in [4.69, 9.17) is 4.98 Å². The topological polar surface area (TPSA) is 54.8 Å². The van der Waals surface area contributed by atoms with Gasteiger partial charge < -0.3 is 0 Å². The second-order valence-corrected chi connectivity index (χ2v) is 7.92. The molecule has 1 aromatic carbocycles. The zero-order valence-corrected chi connectivity index (χ0v) is 16.1. The van der Waals surface area contributed by atoms with Crippen molar-refractivity contribution in [1.29, 1.82) is 0 Å². The summed E-state index contributed by atoms with van der Waals surface area (Å²) in [6.07, 6.45) is 7.93. The van der Waals surface area contributed by atoms with Crippen LogP contribution in [-0.2, 0) is 19.5 Å². The van der Waals surface area contributed by atoms with E-state index in [2.05, 4.69) is 61.6 Å². The lowest BCUT2D eigenvalue weighted by atomic mass is 10.1. The molecule has 1 aliphatic rings. The van der Waals surface area contributed by atoms with Crippen molar-refractivity contribution in [2.75, 3.05) is 6.54 Å². The first kappa shape index (κ1) is 17.2. The molecule has 4 aromatic rings. The molecule has 138 valence electrons. The number of hydrogen-bond acceptors (Lipinski definition) is 6. The molecule has 0 bridgehead atoms. The quantitative estimate of drug-likeness (QED) is 0.526. The summed E-state index contributed by atoms with van der Waals surface area (Å²) in [4.78, 5) is 21.3. The van der Waals surface area contributed by atoms with Gasteiger partial charge in [-0.2, -0.15) is 0 Å². The second-order valence-electron chi connectivity index (χ2n) is 6.92. The molecule has 0 atom stereocenters. The minimum Gasteiger partial charge on any atom is -0.293 e. The Morgan fingerprint density at radius 2 is 1.82 bits per heavy atom. The molecule has 0 amide bonds. The van der Waals surface area contributed by atoms with Gasteiger partial charge in [0.25, 0.3) is 0 Å². The Kier molecular flexibility index (Phi) is 4.64. The average molecular weight is 385 g/mol. The van der Waals surface area contributed by atoms with Crippen LogP contribution in [0.4, 0.5) is 0 Å². The predicted octanol–water partition coefficient (Wildman–Crippen LogP) is 4.22. The maximum atomic E-state index is 4.75. The van der Waals surface area contributed by atoms with Crippen LogP contribution in [0.15, 0.2) is 66.7 Å². The largest absolute Gasteiger partial charge is 0.293 e. The van der Waals surface area contributed by atoms with Crippen LogP contribution < -0.4 is 0 Å². The van der Waals surface area contributed by atoms with Crippen molar-refractivity contribution in [3.63, 3.8) is 0 Å². The standard InChI is InChI=1S/C22H19N5S/c1-2-4-16(5-3-1)17-8-20(28-14-17)13-27-7-6-21-19(12-27)11-25-22(26-21)18-9-23-15-24-10-18/h1-5,8-11,14-15H,6-7,12-13H2. The highest BCUT2D eigenvalue weighted by Gasteiger charge is 2.19. The fourth-order valence-corrected chi connectivity index (χ4v) is 4.46. The summed E-state index contributed by atoms with van der Waals surface area (Å²) < 4.78 is 0.